The largest absolute Gasteiger partial charge is 0.456 e. The number of rotatable bonds is 5. The Kier molecular flexibility index (Phi) is 3.80. The number of furan rings is 1. The van der Waals surface area contributed by atoms with Crippen molar-refractivity contribution in [1.82, 2.24) is 15.0 Å². The van der Waals surface area contributed by atoms with Gasteiger partial charge in [-0.25, -0.2) is 15.0 Å². The summed E-state index contributed by atoms with van der Waals surface area (Å²) in [5.41, 5.74) is 0.0442. The molecule has 0 N–H and O–H groups in total. The minimum atomic E-state index is -1.57. The minimum absolute atomic E-state index is 0.197. The molecule has 0 saturated heterocycles. The molecule has 2 heterocycles. The Hall–Kier alpha value is -4.31. The van der Waals surface area contributed by atoms with Crippen molar-refractivity contribution in [1.29, 1.82) is 0 Å². The molecule has 4 nitrogen and oxygen atoms in total. The lowest BCUT2D eigenvalue weighted by atomic mass is 9.64. The monoisotopic (exact) mass is 638 g/mol. The Morgan fingerprint density at radius 1 is 0.574 bits per heavy atom. The number of nitrogens with zero attached hydrogens (tertiary/aromatic N) is 3. The van der Waals surface area contributed by atoms with Gasteiger partial charge >= 0.3 is 0 Å². The fraction of sp³-hybridized carbons (Fsp3) is 0.372. The highest BCUT2D eigenvalue weighted by atomic mass is 16.3. The highest BCUT2D eigenvalue weighted by molar-refractivity contribution is 6.06. The Balaban J connectivity index is 1.22. The molecule has 0 spiro atoms. The van der Waals surface area contributed by atoms with Crippen LogP contribution < -0.4 is 0 Å². The molecule has 4 heteroatoms. The molecule has 14 atom stereocenters. The number of benzene rings is 4. The maximum Gasteiger partial charge on any atom is 0.164 e. The SMILES string of the molecule is [2H]c1c([2H])c([2H])c(-c2nc(-c3ccc4c(c3)oc3ccc(C5C([2H])C([2H])C([2H])C6C([2H])C([2H])C([2H])C([2H])C56)cc34)nc(-c3c([2H])c([2H])c([2H])c(C4C([2H])C([2H])C([2H])C([2H])C4[2H])c3[2H])n2)c([2H])c1[2H]. The summed E-state index contributed by atoms with van der Waals surface area (Å²) in [5, 5.41) is 1.11. The molecular weight excluding hydrogens is 574 g/mol. The van der Waals surface area contributed by atoms with Gasteiger partial charge in [0.25, 0.3) is 0 Å². The highest BCUT2D eigenvalue weighted by Gasteiger charge is 2.35. The number of hydrogen-bond donors (Lipinski definition) is 0. The van der Waals surface area contributed by atoms with Gasteiger partial charge in [-0.1, -0.05) is 112 Å². The van der Waals surface area contributed by atoms with E-state index in [-0.39, 0.29) is 17.0 Å². The zero-order valence-electron chi connectivity index (χ0n) is 46.0. The van der Waals surface area contributed by atoms with Crippen LogP contribution in [0, 0.1) is 11.8 Å². The third-order valence-corrected chi connectivity index (χ3v) is 8.85. The van der Waals surface area contributed by atoms with E-state index in [0.29, 0.717) is 21.9 Å². The number of aromatic nitrogens is 3. The van der Waals surface area contributed by atoms with Crippen molar-refractivity contribution in [2.75, 3.05) is 0 Å². The first-order valence-electron chi connectivity index (χ1n) is 26.9. The van der Waals surface area contributed by atoms with Crippen LogP contribution in [0.2, 0.25) is 0 Å². The van der Waals surface area contributed by atoms with Crippen molar-refractivity contribution >= 4 is 21.9 Å². The van der Waals surface area contributed by atoms with E-state index in [1.54, 1.807) is 30.3 Å². The fourth-order valence-corrected chi connectivity index (χ4v) is 6.52. The summed E-state index contributed by atoms with van der Waals surface area (Å²) in [4.78, 5) is 13.5. The van der Waals surface area contributed by atoms with Crippen LogP contribution in [0.3, 0.4) is 0 Å². The molecule has 236 valence electrons. The molecular formula is C43H43N3O. The Labute approximate surface area is 307 Å². The van der Waals surface area contributed by atoms with E-state index in [0.717, 1.165) is 0 Å². The molecule has 3 fully saturated rings. The van der Waals surface area contributed by atoms with E-state index < -0.39 is 183 Å². The summed E-state index contributed by atoms with van der Waals surface area (Å²) in [6.07, 6.45) is -16.0. The molecule has 0 radical (unpaired) electrons. The van der Waals surface area contributed by atoms with E-state index in [1.165, 1.54) is 6.07 Å². The lowest BCUT2D eigenvalue weighted by Gasteiger charge is -2.41. The van der Waals surface area contributed by atoms with Gasteiger partial charge in [0.1, 0.15) is 11.2 Å². The molecule has 2 aromatic heterocycles. The second-order valence-corrected chi connectivity index (χ2v) is 11.7. The molecule has 47 heavy (non-hydrogen) atoms. The summed E-state index contributed by atoms with van der Waals surface area (Å²) in [6, 6.07) is 3.52. The second-order valence-electron chi connectivity index (χ2n) is 11.7. The van der Waals surface area contributed by atoms with Gasteiger partial charge in [-0.2, -0.15) is 0 Å². The van der Waals surface area contributed by atoms with Gasteiger partial charge in [-0.3, -0.25) is 0 Å². The van der Waals surface area contributed by atoms with E-state index in [2.05, 4.69) is 15.0 Å². The molecule has 3 aliphatic carbocycles. The molecule has 3 aliphatic rings. The van der Waals surface area contributed by atoms with Gasteiger partial charge in [0.05, 0.1) is 12.3 Å². The van der Waals surface area contributed by atoms with Gasteiger partial charge < -0.3 is 4.42 Å². The van der Waals surface area contributed by atoms with Crippen LogP contribution in [0.1, 0.15) is 129 Å². The zero-order valence-corrected chi connectivity index (χ0v) is 25.0. The van der Waals surface area contributed by atoms with Crippen LogP contribution in [0.15, 0.2) is 95.2 Å². The summed E-state index contributed by atoms with van der Waals surface area (Å²) < 4.78 is 189. The molecule has 6 aromatic rings. The maximum absolute atomic E-state index is 9.37. The van der Waals surface area contributed by atoms with Crippen LogP contribution in [0.4, 0.5) is 0 Å². The molecule has 4 aromatic carbocycles. The minimum Gasteiger partial charge on any atom is -0.456 e. The Morgan fingerprint density at radius 2 is 1.32 bits per heavy atom. The van der Waals surface area contributed by atoms with Crippen LogP contribution >= 0.6 is 0 Å². The van der Waals surface area contributed by atoms with Crippen molar-refractivity contribution in [2.24, 2.45) is 11.8 Å². The van der Waals surface area contributed by atoms with Gasteiger partial charge in [0.15, 0.2) is 17.5 Å². The quantitative estimate of drug-likeness (QED) is 0.188. The van der Waals surface area contributed by atoms with E-state index in [1.807, 2.05) is 0 Å². The Morgan fingerprint density at radius 3 is 2.19 bits per heavy atom. The van der Waals surface area contributed by atoms with Crippen LogP contribution in [-0.4, -0.2) is 15.0 Å². The zero-order chi connectivity index (χ0) is 49.4. The molecule has 0 aliphatic heterocycles. The standard InChI is InChI=1S/C43H43N3O/c1-3-11-28(12-4-1)31-17-9-18-33(25-31)42-44-41(30-14-5-2-6-15-30)45-43(46-42)34-21-23-37-38-26-32(22-24-39(38)47-40(37)27-34)36-20-10-16-29-13-7-8-19-35(29)36/h2,5-6,9,14-15,17-18,21-29,35-36H,1,3-4,7-8,10-13,16,19-20H2/i1D,2D,3D,4D,5D,6D,7D,8D,9D,10D,11D,12D,13D,14D,15D,16D,17D,18D,19D,20D,25D. The average molecular weight is 639 g/mol. The van der Waals surface area contributed by atoms with Crippen molar-refractivity contribution < 1.29 is 33.2 Å². The predicted molar refractivity (Wildman–Crippen MR) is 191 cm³/mol. The van der Waals surface area contributed by atoms with Crippen LogP contribution in [0.25, 0.3) is 56.1 Å². The van der Waals surface area contributed by atoms with Crippen molar-refractivity contribution in [3.63, 3.8) is 0 Å². The highest BCUT2D eigenvalue weighted by Crippen LogP contribution is 2.49. The van der Waals surface area contributed by atoms with E-state index in [9.17, 15) is 1.37 Å². The van der Waals surface area contributed by atoms with E-state index in [4.69, 9.17) is 31.8 Å². The Bertz CT molecular complexity index is 2960. The van der Waals surface area contributed by atoms with Crippen molar-refractivity contribution in [3.8, 4) is 34.2 Å². The summed E-state index contributed by atoms with van der Waals surface area (Å²) in [6.45, 7) is 0. The maximum atomic E-state index is 9.37. The van der Waals surface area contributed by atoms with Gasteiger partial charge in [-0.05, 0) is 90.7 Å². The predicted octanol–water partition coefficient (Wildman–Crippen LogP) is 11.9. The lowest BCUT2D eigenvalue weighted by Crippen LogP contribution is -2.29. The van der Waals surface area contributed by atoms with Crippen LogP contribution in [-0.2, 0) is 0 Å². The first kappa shape index (κ1) is 14.4. The van der Waals surface area contributed by atoms with Gasteiger partial charge in [-0.15, -0.1) is 0 Å². The molecule has 9 rings (SSSR count). The molecule has 0 amide bonds. The average Bonchev–Trinajstić information content (AvgIpc) is 3.69. The molecule has 14 unspecified atom stereocenters. The number of hydrogen-bond acceptors (Lipinski definition) is 4. The number of fused-ring (bicyclic) bond motifs is 4. The lowest BCUT2D eigenvalue weighted by molar-refractivity contribution is 0.144. The van der Waals surface area contributed by atoms with Crippen molar-refractivity contribution in [2.45, 2.75) is 88.6 Å². The smallest absolute Gasteiger partial charge is 0.164 e. The summed E-state index contributed by atoms with van der Waals surface area (Å²) in [5.74, 6) is -5.16. The third-order valence-electron chi connectivity index (χ3n) is 8.85. The fourth-order valence-electron chi connectivity index (χ4n) is 6.52. The van der Waals surface area contributed by atoms with Gasteiger partial charge in [0, 0.05) is 43.9 Å². The summed E-state index contributed by atoms with van der Waals surface area (Å²) >= 11 is 0. The normalized spacial score (nSPS) is 48.3. The molecule has 3 saturated carbocycles. The third kappa shape index (κ3) is 5.56. The van der Waals surface area contributed by atoms with Crippen molar-refractivity contribution in [3.05, 3.63) is 102 Å². The first-order valence-corrected chi connectivity index (χ1v) is 15.5. The first-order chi connectivity index (χ1) is 32.0. The van der Waals surface area contributed by atoms with Gasteiger partial charge in [0.2, 0.25) is 0 Å². The second kappa shape index (κ2) is 12.4. The van der Waals surface area contributed by atoms with E-state index >= 15 is 0 Å². The molecule has 0 bridgehead atoms. The summed E-state index contributed by atoms with van der Waals surface area (Å²) in [7, 11) is 0. The van der Waals surface area contributed by atoms with Crippen LogP contribution in [0.5, 0.6) is 0 Å². The topological polar surface area (TPSA) is 51.8 Å².